The molecule has 0 heterocycles. The first-order valence-electron chi connectivity index (χ1n) is 7.38. The molecule has 0 aliphatic rings. The Bertz CT molecular complexity index is 644. The standard InChI is InChI=1S/C15H25N3O4S/c1-5-18(8-9-19)11-15(20)16-13-7-6-12(2)14(10-13)23(21,22)17(3)4/h6-7,10,19H,5,8-9,11H2,1-4H3,(H,16,20). The highest BCUT2D eigenvalue weighted by atomic mass is 32.2. The van der Waals surface area contributed by atoms with Gasteiger partial charge in [-0.2, -0.15) is 0 Å². The second-order valence-electron chi connectivity index (χ2n) is 5.41. The lowest BCUT2D eigenvalue weighted by atomic mass is 10.2. The Balaban J connectivity index is 2.93. The van der Waals surface area contributed by atoms with Crippen molar-refractivity contribution >= 4 is 21.6 Å². The zero-order valence-corrected chi connectivity index (χ0v) is 14.9. The Morgan fingerprint density at radius 1 is 1.30 bits per heavy atom. The summed E-state index contributed by atoms with van der Waals surface area (Å²) in [7, 11) is -0.631. The lowest BCUT2D eigenvalue weighted by Crippen LogP contribution is -2.35. The molecule has 7 nitrogen and oxygen atoms in total. The van der Waals surface area contributed by atoms with Gasteiger partial charge in [-0.25, -0.2) is 12.7 Å². The van der Waals surface area contributed by atoms with Crippen LogP contribution in [0.4, 0.5) is 5.69 Å². The first-order chi connectivity index (χ1) is 10.7. The second-order valence-corrected chi connectivity index (χ2v) is 7.53. The molecule has 2 N–H and O–H groups in total. The van der Waals surface area contributed by atoms with Crippen molar-refractivity contribution in [3.05, 3.63) is 23.8 Å². The average Bonchev–Trinajstić information content (AvgIpc) is 2.48. The molecule has 1 aromatic rings. The van der Waals surface area contributed by atoms with E-state index < -0.39 is 10.0 Å². The van der Waals surface area contributed by atoms with Crippen LogP contribution in [0, 0.1) is 6.92 Å². The van der Waals surface area contributed by atoms with E-state index in [1.807, 2.05) is 6.92 Å². The van der Waals surface area contributed by atoms with Crippen LogP contribution in [0.1, 0.15) is 12.5 Å². The number of rotatable bonds is 8. The van der Waals surface area contributed by atoms with Crippen molar-refractivity contribution in [2.24, 2.45) is 0 Å². The van der Waals surface area contributed by atoms with Crippen molar-refractivity contribution < 1.29 is 18.3 Å². The SMILES string of the molecule is CCN(CCO)CC(=O)Nc1ccc(C)c(S(=O)(=O)N(C)C)c1. The van der Waals surface area contributed by atoms with Gasteiger partial charge in [0, 0.05) is 26.3 Å². The van der Waals surface area contributed by atoms with Crippen molar-refractivity contribution in [3.8, 4) is 0 Å². The Kier molecular flexibility index (Phi) is 7.14. The molecule has 1 rings (SSSR count). The number of sulfonamides is 1. The third-order valence-electron chi connectivity index (χ3n) is 3.46. The number of aliphatic hydroxyl groups excluding tert-OH is 1. The van der Waals surface area contributed by atoms with E-state index in [-0.39, 0.29) is 24.0 Å². The van der Waals surface area contributed by atoms with Crippen LogP contribution in [0.3, 0.4) is 0 Å². The molecule has 1 aromatic carbocycles. The molecule has 0 fully saturated rings. The number of nitrogens with zero attached hydrogens (tertiary/aromatic N) is 2. The van der Waals surface area contributed by atoms with Crippen LogP contribution in [0.15, 0.2) is 23.1 Å². The molecule has 0 bridgehead atoms. The summed E-state index contributed by atoms with van der Waals surface area (Å²) in [5.41, 5.74) is 1.05. The highest BCUT2D eigenvalue weighted by Crippen LogP contribution is 2.22. The molecular weight excluding hydrogens is 318 g/mol. The maximum atomic E-state index is 12.3. The number of anilines is 1. The van der Waals surface area contributed by atoms with Gasteiger partial charge in [0.25, 0.3) is 0 Å². The summed E-state index contributed by atoms with van der Waals surface area (Å²) in [6.07, 6.45) is 0. The molecular formula is C15H25N3O4S. The number of benzene rings is 1. The van der Waals surface area contributed by atoms with Gasteiger partial charge < -0.3 is 10.4 Å². The van der Waals surface area contributed by atoms with Gasteiger partial charge in [-0.15, -0.1) is 0 Å². The van der Waals surface area contributed by atoms with Crippen molar-refractivity contribution in [1.82, 2.24) is 9.21 Å². The summed E-state index contributed by atoms with van der Waals surface area (Å²) in [6, 6.07) is 4.80. The maximum absolute atomic E-state index is 12.3. The molecule has 0 aliphatic heterocycles. The minimum absolute atomic E-state index is 0.0170. The minimum Gasteiger partial charge on any atom is -0.395 e. The lowest BCUT2D eigenvalue weighted by Gasteiger charge is -2.19. The van der Waals surface area contributed by atoms with Crippen LogP contribution < -0.4 is 5.32 Å². The number of aliphatic hydroxyl groups is 1. The van der Waals surface area contributed by atoms with Gasteiger partial charge in [-0.1, -0.05) is 13.0 Å². The highest BCUT2D eigenvalue weighted by molar-refractivity contribution is 7.89. The normalized spacial score (nSPS) is 12.0. The zero-order valence-electron chi connectivity index (χ0n) is 14.0. The summed E-state index contributed by atoms with van der Waals surface area (Å²) in [4.78, 5) is 14.0. The molecule has 0 radical (unpaired) electrons. The number of likely N-dealkylation sites (N-methyl/N-ethyl adjacent to an activating group) is 1. The fraction of sp³-hybridized carbons (Fsp3) is 0.533. The van der Waals surface area contributed by atoms with Crippen molar-refractivity contribution in [2.45, 2.75) is 18.7 Å². The number of amides is 1. The molecule has 0 saturated heterocycles. The highest BCUT2D eigenvalue weighted by Gasteiger charge is 2.20. The predicted molar refractivity (Wildman–Crippen MR) is 89.9 cm³/mol. The minimum atomic E-state index is -3.56. The number of aryl methyl sites for hydroxylation is 1. The first-order valence-corrected chi connectivity index (χ1v) is 8.82. The van der Waals surface area contributed by atoms with Crippen molar-refractivity contribution in [2.75, 3.05) is 45.7 Å². The molecule has 0 aromatic heterocycles. The Morgan fingerprint density at radius 3 is 2.48 bits per heavy atom. The van der Waals surface area contributed by atoms with Gasteiger partial charge in [-0.05, 0) is 31.2 Å². The molecule has 1 amide bonds. The van der Waals surface area contributed by atoms with E-state index in [9.17, 15) is 13.2 Å². The van der Waals surface area contributed by atoms with Gasteiger partial charge >= 0.3 is 0 Å². The quantitative estimate of drug-likeness (QED) is 0.717. The summed E-state index contributed by atoms with van der Waals surface area (Å²) in [5.74, 6) is -0.252. The summed E-state index contributed by atoms with van der Waals surface area (Å²) in [6.45, 7) is 4.79. The van der Waals surface area contributed by atoms with Gasteiger partial charge in [-0.3, -0.25) is 9.69 Å². The third kappa shape index (κ3) is 5.28. The van der Waals surface area contributed by atoms with Crippen LogP contribution in [0.2, 0.25) is 0 Å². The lowest BCUT2D eigenvalue weighted by molar-refractivity contribution is -0.117. The summed E-state index contributed by atoms with van der Waals surface area (Å²) in [5, 5.41) is 11.6. The second kappa shape index (κ2) is 8.39. The van der Waals surface area contributed by atoms with E-state index >= 15 is 0 Å². The van der Waals surface area contributed by atoms with Crippen LogP contribution in [-0.2, 0) is 14.8 Å². The first kappa shape index (κ1) is 19.6. The van der Waals surface area contributed by atoms with Crippen molar-refractivity contribution in [3.63, 3.8) is 0 Å². The monoisotopic (exact) mass is 343 g/mol. The fourth-order valence-electron chi connectivity index (χ4n) is 2.05. The Labute approximate surface area is 138 Å². The smallest absolute Gasteiger partial charge is 0.242 e. The molecule has 0 saturated carbocycles. The molecule has 0 atom stereocenters. The molecule has 8 heteroatoms. The van der Waals surface area contributed by atoms with Gasteiger partial charge in [0.2, 0.25) is 15.9 Å². The zero-order chi connectivity index (χ0) is 17.6. The molecule has 0 spiro atoms. The van der Waals surface area contributed by atoms with E-state index in [1.165, 1.54) is 20.2 Å². The van der Waals surface area contributed by atoms with Crippen LogP contribution >= 0.6 is 0 Å². The summed E-state index contributed by atoms with van der Waals surface area (Å²) < 4.78 is 25.7. The number of carbonyl (C=O) groups is 1. The van der Waals surface area contributed by atoms with E-state index in [0.717, 1.165) is 4.31 Å². The van der Waals surface area contributed by atoms with E-state index in [2.05, 4.69) is 5.32 Å². The van der Waals surface area contributed by atoms with E-state index in [1.54, 1.807) is 24.0 Å². The summed E-state index contributed by atoms with van der Waals surface area (Å²) >= 11 is 0. The fourth-order valence-corrected chi connectivity index (χ4v) is 3.19. The molecule has 130 valence electrons. The topological polar surface area (TPSA) is 90.0 Å². The van der Waals surface area contributed by atoms with E-state index in [4.69, 9.17) is 5.11 Å². The maximum Gasteiger partial charge on any atom is 0.242 e. The number of hydrogen-bond donors (Lipinski definition) is 2. The Morgan fingerprint density at radius 2 is 1.96 bits per heavy atom. The van der Waals surface area contributed by atoms with E-state index in [0.29, 0.717) is 24.3 Å². The largest absolute Gasteiger partial charge is 0.395 e. The molecule has 23 heavy (non-hydrogen) atoms. The predicted octanol–water partition coefficient (Wildman–Crippen LogP) is 0.498. The number of nitrogens with one attached hydrogen (secondary N) is 1. The number of carbonyl (C=O) groups excluding carboxylic acids is 1. The molecule has 0 aliphatic carbocycles. The van der Waals surface area contributed by atoms with Crippen LogP contribution in [0.25, 0.3) is 0 Å². The van der Waals surface area contributed by atoms with Gasteiger partial charge in [0.05, 0.1) is 18.0 Å². The van der Waals surface area contributed by atoms with Gasteiger partial charge in [0.15, 0.2) is 0 Å². The van der Waals surface area contributed by atoms with Gasteiger partial charge in [0.1, 0.15) is 0 Å². The molecule has 0 unspecified atom stereocenters. The number of hydrogen-bond acceptors (Lipinski definition) is 5. The van der Waals surface area contributed by atoms with Crippen LogP contribution in [-0.4, -0.2) is 69.0 Å². The van der Waals surface area contributed by atoms with Crippen LogP contribution in [0.5, 0.6) is 0 Å². The third-order valence-corrected chi connectivity index (χ3v) is 5.42. The van der Waals surface area contributed by atoms with Crippen molar-refractivity contribution in [1.29, 1.82) is 0 Å². The average molecular weight is 343 g/mol. The Hall–Kier alpha value is -1.48.